The second-order valence-electron chi connectivity index (χ2n) is 5.56. The molecule has 0 atom stereocenters. The van der Waals surface area contributed by atoms with Crippen molar-refractivity contribution in [1.29, 1.82) is 0 Å². The first kappa shape index (κ1) is 17.0. The van der Waals surface area contributed by atoms with E-state index in [2.05, 4.69) is 15.6 Å². The number of halogens is 1. The van der Waals surface area contributed by atoms with E-state index in [-0.39, 0.29) is 18.2 Å². The van der Waals surface area contributed by atoms with Crippen LogP contribution in [0, 0.1) is 13.8 Å². The van der Waals surface area contributed by atoms with Crippen molar-refractivity contribution >= 4 is 23.3 Å². The third-order valence-electron chi connectivity index (χ3n) is 3.64. The zero-order valence-electron chi connectivity index (χ0n) is 14.0. The van der Waals surface area contributed by atoms with Gasteiger partial charge in [0.2, 0.25) is 0 Å². The van der Waals surface area contributed by atoms with E-state index in [4.69, 9.17) is 20.9 Å². The number of amides is 1. The SMILES string of the molecule is Cc1cc(NC(=O)c2noc(C)c2COc2ccc(Cl)cc2)n(C)n1. The predicted octanol–water partition coefficient (Wildman–Crippen LogP) is 3.51. The molecule has 25 heavy (non-hydrogen) atoms. The highest BCUT2D eigenvalue weighted by Crippen LogP contribution is 2.20. The minimum absolute atomic E-state index is 0.157. The summed E-state index contributed by atoms with van der Waals surface area (Å²) in [6.45, 7) is 3.74. The summed E-state index contributed by atoms with van der Waals surface area (Å²) in [5.74, 6) is 1.36. The highest BCUT2D eigenvalue weighted by molar-refractivity contribution is 6.30. The number of ether oxygens (including phenoxy) is 1. The van der Waals surface area contributed by atoms with Crippen LogP contribution < -0.4 is 10.1 Å². The van der Waals surface area contributed by atoms with Crippen molar-refractivity contribution in [3.63, 3.8) is 0 Å². The molecule has 8 heteroatoms. The maximum absolute atomic E-state index is 12.5. The van der Waals surface area contributed by atoms with Crippen LogP contribution in [-0.4, -0.2) is 20.8 Å². The van der Waals surface area contributed by atoms with Gasteiger partial charge in [0.25, 0.3) is 5.91 Å². The molecule has 0 saturated heterocycles. The maximum Gasteiger partial charge on any atom is 0.279 e. The molecule has 3 aromatic rings. The molecule has 2 aromatic heterocycles. The lowest BCUT2D eigenvalue weighted by Gasteiger charge is -2.07. The summed E-state index contributed by atoms with van der Waals surface area (Å²) >= 11 is 5.85. The van der Waals surface area contributed by atoms with Crippen LogP contribution in [0.2, 0.25) is 5.02 Å². The number of aromatic nitrogens is 3. The van der Waals surface area contributed by atoms with Crippen molar-refractivity contribution in [3.05, 3.63) is 58.1 Å². The van der Waals surface area contributed by atoms with Gasteiger partial charge in [-0.1, -0.05) is 16.8 Å². The molecule has 0 unspecified atom stereocenters. The summed E-state index contributed by atoms with van der Waals surface area (Å²) in [4.78, 5) is 12.5. The number of nitrogens with one attached hydrogen (secondary N) is 1. The van der Waals surface area contributed by atoms with E-state index in [0.29, 0.717) is 27.9 Å². The molecule has 0 aliphatic heterocycles. The molecule has 7 nitrogen and oxygen atoms in total. The Labute approximate surface area is 149 Å². The summed E-state index contributed by atoms with van der Waals surface area (Å²) in [7, 11) is 1.75. The number of anilines is 1. The topological polar surface area (TPSA) is 82.2 Å². The monoisotopic (exact) mass is 360 g/mol. The second-order valence-corrected chi connectivity index (χ2v) is 5.99. The van der Waals surface area contributed by atoms with Crippen LogP contribution in [0.25, 0.3) is 0 Å². The van der Waals surface area contributed by atoms with Gasteiger partial charge in [0.15, 0.2) is 5.69 Å². The Morgan fingerprint density at radius 1 is 1.32 bits per heavy atom. The maximum atomic E-state index is 12.5. The lowest BCUT2D eigenvalue weighted by molar-refractivity contribution is 0.101. The fourth-order valence-electron chi connectivity index (χ4n) is 2.33. The molecule has 0 fully saturated rings. The summed E-state index contributed by atoms with van der Waals surface area (Å²) in [5.41, 5.74) is 1.58. The predicted molar refractivity (Wildman–Crippen MR) is 92.9 cm³/mol. The molecule has 1 aromatic carbocycles. The Kier molecular flexibility index (Phi) is 4.76. The van der Waals surface area contributed by atoms with Gasteiger partial charge in [-0.25, -0.2) is 0 Å². The third kappa shape index (κ3) is 3.83. The summed E-state index contributed by atoms with van der Waals surface area (Å²) < 4.78 is 12.4. The zero-order valence-corrected chi connectivity index (χ0v) is 14.8. The molecule has 0 spiro atoms. The number of nitrogens with zero attached hydrogens (tertiary/aromatic N) is 3. The molecule has 3 rings (SSSR count). The van der Waals surface area contributed by atoms with Crippen LogP contribution in [0.15, 0.2) is 34.9 Å². The Morgan fingerprint density at radius 2 is 2.04 bits per heavy atom. The van der Waals surface area contributed by atoms with Gasteiger partial charge >= 0.3 is 0 Å². The number of rotatable bonds is 5. The fraction of sp³-hybridized carbons (Fsp3) is 0.235. The highest BCUT2D eigenvalue weighted by Gasteiger charge is 2.21. The van der Waals surface area contributed by atoms with E-state index in [9.17, 15) is 4.79 Å². The lowest BCUT2D eigenvalue weighted by atomic mass is 10.2. The van der Waals surface area contributed by atoms with Crippen molar-refractivity contribution < 1.29 is 14.1 Å². The largest absolute Gasteiger partial charge is 0.489 e. The third-order valence-corrected chi connectivity index (χ3v) is 3.89. The summed E-state index contributed by atoms with van der Waals surface area (Å²) in [6, 6.07) is 8.74. The second kappa shape index (κ2) is 6.98. The fourth-order valence-corrected chi connectivity index (χ4v) is 2.45. The minimum atomic E-state index is -0.380. The van der Waals surface area contributed by atoms with Crippen molar-refractivity contribution in [2.24, 2.45) is 7.05 Å². The number of carbonyl (C=O) groups excluding carboxylic acids is 1. The first-order valence-corrected chi connectivity index (χ1v) is 7.97. The number of carbonyl (C=O) groups is 1. The first-order valence-electron chi connectivity index (χ1n) is 7.59. The van der Waals surface area contributed by atoms with Crippen LogP contribution in [0.3, 0.4) is 0 Å². The average molecular weight is 361 g/mol. The van der Waals surface area contributed by atoms with Crippen molar-refractivity contribution in [2.75, 3.05) is 5.32 Å². The quantitative estimate of drug-likeness (QED) is 0.752. The van der Waals surface area contributed by atoms with E-state index in [0.717, 1.165) is 5.69 Å². The minimum Gasteiger partial charge on any atom is -0.489 e. The van der Waals surface area contributed by atoms with Gasteiger partial charge in [-0.05, 0) is 38.1 Å². The average Bonchev–Trinajstić information content (AvgIpc) is 3.09. The Bertz CT molecular complexity index is 899. The molecule has 0 bridgehead atoms. The zero-order chi connectivity index (χ0) is 18.0. The highest BCUT2D eigenvalue weighted by atomic mass is 35.5. The summed E-state index contributed by atoms with van der Waals surface area (Å²) in [6.07, 6.45) is 0. The number of aryl methyl sites for hydroxylation is 3. The van der Waals surface area contributed by atoms with E-state index < -0.39 is 0 Å². The Balaban J connectivity index is 1.75. The molecule has 0 saturated carbocycles. The molecule has 0 aliphatic carbocycles. The smallest absolute Gasteiger partial charge is 0.279 e. The molecule has 130 valence electrons. The van der Waals surface area contributed by atoms with Gasteiger partial charge in [0.05, 0.1) is 11.3 Å². The molecule has 0 aliphatic rings. The van der Waals surface area contributed by atoms with E-state index in [1.165, 1.54) is 0 Å². The Morgan fingerprint density at radius 3 is 2.68 bits per heavy atom. The molecular formula is C17H17ClN4O3. The summed E-state index contributed by atoms with van der Waals surface area (Å²) in [5, 5.41) is 11.4. The van der Waals surface area contributed by atoms with Gasteiger partial charge in [0.1, 0.15) is 23.9 Å². The van der Waals surface area contributed by atoms with Crippen LogP contribution in [0.1, 0.15) is 27.5 Å². The molecule has 2 heterocycles. The molecular weight excluding hydrogens is 344 g/mol. The van der Waals surface area contributed by atoms with Gasteiger partial charge in [0, 0.05) is 18.1 Å². The Hall–Kier alpha value is -2.80. The van der Waals surface area contributed by atoms with Crippen molar-refractivity contribution in [3.8, 4) is 5.75 Å². The van der Waals surface area contributed by atoms with Crippen LogP contribution in [-0.2, 0) is 13.7 Å². The number of hydrogen-bond donors (Lipinski definition) is 1. The van der Waals surface area contributed by atoms with E-state index in [1.807, 2.05) is 6.92 Å². The molecule has 1 N–H and O–H groups in total. The number of benzene rings is 1. The van der Waals surface area contributed by atoms with Gasteiger partial charge in [-0.2, -0.15) is 5.10 Å². The number of hydrogen-bond acceptors (Lipinski definition) is 5. The van der Waals surface area contributed by atoms with Gasteiger partial charge in [-0.15, -0.1) is 0 Å². The molecule has 0 radical (unpaired) electrons. The van der Waals surface area contributed by atoms with Gasteiger partial charge < -0.3 is 14.6 Å². The van der Waals surface area contributed by atoms with Crippen LogP contribution >= 0.6 is 11.6 Å². The molecule has 1 amide bonds. The standard InChI is InChI=1S/C17H17ClN4O3/c1-10-8-15(22(3)20-10)19-17(23)16-14(11(2)25-21-16)9-24-13-6-4-12(18)5-7-13/h4-8H,9H2,1-3H3,(H,19,23). The van der Waals surface area contributed by atoms with Crippen LogP contribution in [0.5, 0.6) is 5.75 Å². The van der Waals surface area contributed by atoms with Crippen molar-refractivity contribution in [1.82, 2.24) is 14.9 Å². The van der Waals surface area contributed by atoms with E-state index in [1.54, 1.807) is 49.0 Å². The lowest BCUT2D eigenvalue weighted by Crippen LogP contribution is -2.17. The first-order chi connectivity index (χ1) is 11.9. The van der Waals surface area contributed by atoms with Gasteiger partial charge in [-0.3, -0.25) is 9.48 Å². The van der Waals surface area contributed by atoms with E-state index >= 15 is 0 Å². The van der Waals surface area contributed by atoms with Crippen LogP contribution in [0.4, 0.5) is 5.82 Å². The van der Waals surface area contributed by atoms with Crippen molar-refractivity contribution in [2.45, 2.75) is 20.5 Å². The normalized spacial score (nSPS) is 10.7.